The van der Waals surface area contributed by atoms with Gasteiger partial charge in [-0.05, 0) is 18.1 Å². The molecule has 11 nitrogen and oxygen atoms in total. The maximum Gasteiger partial charge on any atom is 0.358 e. The molecular formula is C25H24N4O7S. The molecule has 2 aromatic carbocycles. The second-order valence-electron chi connectivity index (χ2n) is 9.13. The van der Waals surface area contributed by atoms with Gasteiger partial charge in [0.25, 0.3) is 0 Å². The van der Waals surface area contributed by atoms with Crippen molar-refractivity contribution in [2.45, 2.75) is 42.2 Å². The van der Waals surface area contributed by atoms with Gasteiger partial charge in [0.2, 0.25) is 5.91 Å². The maximum atomic E-state index is 13.8. The Morgan fingerprint density at radius 2 is 1.68 bits per heavy atom. The van der Waals surface area contributed by atoms with E-state index in [4.69, 9.17) is 9.47 Å². The molecule has 2 aliphatic rings. The van der Waals surface area contributed by atoms with Gasteiger partial charge in [-0.2, -0.15) is 0 Å². The number of aromatic nitrogens is 3. The number of benzene rings is 2. The first-order valence-electron chi connectivity index (χ1n) is 11.5. The van der Waals surface area contributed by atoms with Crippen molar-refractivity contribution < 1.29 is 32.3 Å². The van der Waals surface area contributed by atoms with Crippen molar-refractivity contribution in [1.82, 2.24) is 19.9 Å². The Hall–Kier alpha value is -4.06. The number of rotatable bonds is 7. The molecule has 1 amide bonds. The van der Waals surface area contributed by atoms with Gasteiger partial charge in [-0.25, -0.2) is 22.7 Å². The highest BCUT2D eigenvalue weighted by atomic mass is 32.2. The van der Waals surface area contributed by atoms with E-state index in [9.17, 15) is 22.8 Å². The molecule has 2 saturated heterocycles. The van der Waals surface area contributed by atoms with Gasteiger partial charge < -0.3 is 14.4 Å². The minimum atomic E-state index is -4.08. The average molecular weight is 525 g/mol. The van der Waals surface area contributed by atoms with E-state index in [2.05, 4.69) is 10.3 Å². The standard InChI is InChI=1S/C25H24N4O7S/c1-25(15-28-18(14-26-27-28)23(31)35-2)22(29-19(30)13-20(29)37(25,33)34)24(32)36-21(16-9-5-3-6-10-16)17-11-7-4-8-12-17/h3-12,14,20-22H,13,15H2,1-2H3/t20-,22+,25+/m1/s1. The Kier molecular flexibility index (Phi) is 6.06. The molecular weight excluding hydrogens is 500 g/mol. The van der Waals surface area contributed by atoms with Crippen LogP contribution < -0.4 is 0 Å². The van der Waals surface area contributed by atoms with Crippen molar-refractivity contribution in [3.05, 3.63) is 83.7 Å². The molecule has 0 saturated carbocycles. The molecule has 5 rings (SSSR count). The summed E-state index contributed by atoms with van der Waals surface area (Å²) in [6.45, 7) is 0.948. The number of carbonyl (C=O) groups excluding carboxylic acids is 3. The van der Waals surface area contributed by atoms with Crippen LogP contribution in [0.5, 0.6) is 0 Å². The minimum absolute atomic E-state index is 0.0851. The molecule has 0 aliphatic carbocycles. The van der Waals surface area contributed by atoms with Gasteiger partial charge in [0.05, 0.1) is 26.3 Å². The van der Waals surface area contributed by atoms with E-state index < -0.39 is 56.5 Å². The number of β-lactam (4-membered cyclic amide) rings is 1. The van der Waals surface area contributed by atoms with E-state index in [0.717, 1.165) is 15.8 Å². The Bertz CT molecular complexity index is 1420. The van der Waals surface area contributed by atoms with Gasteiger partial charge in [0.15, 0.2) is 27.7 Å². The third-order valence-electron chi connectivity index (χ3n) is 6.95. The van der Waals surface area contributed by atoms with Crippen LogP contribution >= 0.6 is 0 Å². The molecule has 0 bridgehead atoms. The van der Waals surface area contributed by atoms with Gasteiger partial charge in [-0.3, -0.25) is 4.79 Å². The van der Waals surface area contributed by atoms with Gasteiger partial charge >= 0.3 is 11.9 Å². The molecule has 3 aromatic rings. The molecule has 0 radical (unpaired) electrons. The molecule has 2 fully saturated rings. The van der Waals surface area contributed by atoms with E-state index in [-0.39, 0.29) is 12.1 Å². The first kappa shape index (κ1) is 24.6. The normalized spacial score (nSPS) is 23.9. The highest BCUT2D eigenvalue weighted by Crippen LogP contribution is 2.47. The number of amides is 1. The zero-order chi connectivity index (χ0) is 26.4. The van der Waals surface area contributed by atoms with Crippen LogP contribution in [0.2, 0.25) is 0 Å². The van der Waals surface area contributed by atoms with Crippen molar-refractivity contribution >= 4 is 27.7 Å². The van der Waals surface area contributed by atoms with Gasteiger partial charge in [-0.15, -0.1) is 5.10 Å². The lowest BCUT2D eigenvalue weighted by Gasteiger charge is -2.37. The first-order valence-corrected chi connectivity index (χ1v) is 13.1. The number of carbonyl (C=O) groups is 3. The number of sulfone groups is 1. The van der Waals surface area contributed by atoms with E-state index >= 15 is 0 Å². The predicted octanol–water partition coefficient (Wildman–Crippen LogP) is 1.51. The molecule has 3 heterocycles. The number of ether oxygens (including phenoxy) is 2. The molecule has 12 heteroatoms. The van der Waals surface area contributed by atoms with Gasteiger partial charge in [0, 0.05) is 0 Å². The highest BCUT2D eigenvalue weighted by molar-refractivity contribution is 7.93. The quantitative estimate of drug-likeness (QED) is 0.332. The van der Waals surface area contributed by atoms with Crippen molar-refractivity contribution in [2.75, 3.05) is 7.11 Å². The summed E-state index contributed by atoms with van der Waals surface area (Å²) in [5.41, 5.74) is 1.28. The number of fused-ring (bicyclic) bond motifs is 1. The molecule has 2 aliphatic heterocycles. The fourth-order valence-electron chi connectivity index (χ4n) is 4.97. The fourth-order valence-corrected chi connectivity index (χ4v) is 7.31. The van der Waals surface area contributed by atoms with Crippen LogP contribution in [0, 0.1) is 0 Å². The summed E-state index contributed by atoms with van der Waals surface area (Å²) in [7, 11) is -2.91. The predicted molar refractivity (Wildman–Crippen MR) is 129 cm³/mol. The lowest BCUT2D eigenvalue weighted by Crippen LogP contribution is -2.58. The van der Waals surface area contributed by atoms with Crippen molar-refractivity contribution in [1.29, 1.82) is 0 Å². The summed E-state index contributed by atoms with van der Waals surface area (Å²) < 4.78 is 37.3. The Labute approximate surface area is 212 Å². The van der Waals surface area contributed by atoms with Crippen LogP contribution in [0.3, 0.4) is 0 Å². The number of methoxy groups -OCH3 is 1. The summed E-state index contributed by atoms with van der Waals surface area (Å²) in [5, 5.41) is 6.38. The summed E-state index contributed by atoms with van der Waals surface area (Å²) in [5.74, 6) is -2.11. The second kappa shape index (κ2) is 9.11. The number of esters is 2. The van der Waals surface area contributed by atoms with Crippen LogP contribution in [0.4, 0.5) is 0 Å². The lowest BCUT2D eigenvalue weighted by atomic mass is 9.95. The summed E-state index contributed by atoms with van der Waals surface area (Å²) >= 11 is 0. The first-order chi connectivity index (χ1) is 17.7. The molecule has 0 N–H and O–H groups in total. The van der Waals surface area contributed by atoms with E-state index in [1.54, 1.807) is 48.5 Å². The van der Waals surface area contributed by atoms with Crippen LogP contribution in [-0.2, 0) is 35.4 Å². The SMILES string of the molecule is COC(=O)c1cnnn1C[C@@]1(C)[C@H](C(=O)OC(c2ccccc2)c2ccccc2)N2C(=O)C[C@H]2S1(=O)=O. The van der Waals surface area contributed by atoms with Gasteiger partial charge in [0.1, 0.15) is 10.1 Å². The number of hydrogen-bond acceptors (Lipinski definition) is 9. The molecule has 192 valence electrons. The molecule has 1 aromatic heterocycles. The Balaban J connectivity index is 1.55. The van der Waals surface area contributed by atoms with Crippen LogP contribution in [0.25, 0.3) is 0 Å². The lowest BCUT2D eigenvalue weighted by molar-refractivity contribution is -0.164. The molecule has 0 unspecified atom stereocenters. The maximum absolute atomic E-state index is 13.8. The molecule has 37 heavy (non-hydrogen) atoms. The molecule has 3 atom stereocenters. The van der Waals surface area contributed by atoms with E-state index in [0.29, 0.717) is 11.1 Å². The second-order valence-corrected chi connectivity index (χ2v) is 11.7. The highest BCUT2D eigenvalue weighted by Gasteiger charge is 2.70. The largest absolute Gasteiger partial charge is 0.464 e. The summed E-state index contributed by atoms with van der Waals surface area (Å²) in [4.78, 5) is 39.7. The molecule has 0 spiro atoms. The monoisotopic (exact) mass is 524 g/mol. The zero-order valence-corrected chi connectivity index (χ0v) is 20.9. The third-order valence-corrected chi connectivity index (χ3v) is 9.71. The fraction of sp³-hybridized carbons (Fsp3) is 0.320. The van der Waals surface area contributed by atoms with Gasteiger partial charge in [-0.1, -0.05) is 65.9 Å². The summed E-state index contributed by atoms with van der Waals surface area (Å²) in [6.07, 6.45) is 0.0728. The summed E-state index contributed by atoms with van der Waals surface area (Å²) in [6, 6.07) is 16.6. The Morgan fingerprint density at radius 1 is 1.08 bits per heavy atom. The van der Waals surface area contributed by atoms with E-state index in [1.165, 1.54) is 14.0 Å². The smallest absolute Gasteiger partial charge is 0.358 e. The van der Waals surface area contributed by atoms with Crippen LogP contribution in [-0.4, -0.2) is 69.4 Å². The topological polar surface area (TPSA) is 138 Å². The van der Waals surface area contributed by atoms with E-state index in [1.807, 2.05) is 12.1 Å². The zero-order valence-electron chi connectivity index (χ0n) is 20.1. The number of nitrogens with zero attached hydrogens (tertiary/aromatic N) is 4. The van der Waals surface area contributed by atoms with Crippen LogP contribution in [0.15, 0.2) is 66.9 Å². The van der Waals surface area contributed by atoms with Crippen molar-refractivity contribution in [3.8, 4) is 0 Å². The average Bonchev–Trinajstić information content (AvgIpc) is 3.41. The third kappa shape index (κ3) is 3.88. The van der Waals surface area contributed by atoms with Crippen molar-refractivity contribution in [2.24, 2.45) is 0 Å². The van der Waals surface area contributed by atoms with Crippen LogP contribution in [0.1, 0.15) is 41.1 Å². The Morgan fingerprint density at radius 3 is 2.22 bits per heavy atom. The minimum Gasteiger partial charge on any atom is -0.464 e. The number of hydrogen-bond donors (Lipinski definition) is 0. The van der Waals surface area contributed by atoms with Crippen molar-refractivity contribution in [3.63, 3.8) is 0 Å².